The van der Waals surface area contributed by atoms with Crippen LogP contribution in [0.5, 0.6) is 5.75 Å². The van der Waals surface area contributed by atoms with E-state index in [1.807, 2.05) is 6.92 Å². The number of aromatic nitrogens is 1. The minimum absolute atomic E-state index is 0.0508. The summed E-state index contributed by atoms with van der Waals surface area (Å²) in [6, 6.07) is 12.5. The van der Waals surface area contributed by atoms with Crippen LogP contribution in [-0.2, 0) is 21.3 Å². The fourth-order valence-corrected chi connectivity index (χ4v) is 5.07. The second-order valence-electron chi connectivity index (χ2n) is 7.21. The van der Waals surface area contributed by atoms with E-state index in [2.05, 4.69) is 4.98 Å². The highest BCUT2D eigenvalue weighted by molar-refractivity contribution is 7.89. The van der Waals surface area contributed by atoms with Crippen LogP contribution in [0.25, 0.3) is 10.9 Å². The molecule has 10 heteroatoms. The second-order valence-corrected chi connectivity index (χ2v) is 9.12. The number of ether oxygens (including phenoxy) is 2. The Balaban J connectivity index is 2.05. The normalized spacial score (nSPS) is 11.6. The Hall–Kier alpha value is -3.21. The Labute approximate surface area is 191 Å². The van der Waals surface area contributed by atoms with Crippen molar-refractivity contribution in [2.45, 2.75) is 24.8 Å². The standard InChI is InChI=1S/C23H26N2O7S/c1-3-32-18-9-10-20-16(14-18)13-17(22(27)24-20)15-25(11-6-12-26)33(29,30)21-8-5-4-7-19(21)23(28)31-2/h4-5,7-10,13-14,26H,3,6,11-12,15H2,1-2H3,(H,24,27). The van der Waals surface area contributed by atoms with Gasteiger partial charge in [0, 0.05) is 36.2 Å². The van der Waals surface area contributed by atoms with Crippen molar-refractivity contribution in [2.75, 3.05) is 26.9 Å². The van der Waals surface area contributed by atoms with Crippen LogP contribution >= 0.6 is 0 Å². The molecule has 2 aromatic carbocycles. The van der Waals surface area contributed by atoms with Crippen LogP contribution in [0.4, 0.5) is 0 Å². The molecular weight excluding hydrogens is 448 g/mol. The Morgan fingerprint density at radius 3 is 2.61 bits per heavy atom. The van der Waals surface area contributed by atoms with Gasteiger partial charge < -0.3 is 19.6 Å². The van der Waals surface area contributed by atoms with Gasteiger partial charge in [0.2, 0.25) is 10.0 Å². The molecule has 0 radical (unpaired) electrons. The first-order chi connectivity index (χ1) is 15.8. The van der Waals surface area contributed by atoms with E-state index in [-0.39, 0.29) is 42.1 Å². The van der Waals surface area contributed by atoms with Gasteiger partial charge in [-0.1, -0.05) is 12.1 Å². The van der Waals surface area contributed by atoms with E-state index >= 15 is 0 Å². The van der Waals surface area contributed by atoms with Crippen LogP contribution in [-0.4, -0.2) is 55.7 Å². The number of aliphatic hydroxyl groups is 1. The van der Waals surface area contributed by atoms with E-state index < -0.39 is 21.6 Å². The van der Waals surface area contributed by atoms with E-state index in [9.17, 15) is 23.1 Å². The van der Waals surface area contributed by atoms with Gasteiger partial charge in [0.1, 0.15) is 5.75 Å². The fraction of sp³-hybridized carbons (Fsp3) is 0.304. The number of aromatic amines is 1. The summed E-state index contributed by atoms with van der Waals surface area (Å²) in [4.78, 5) is 27.4. The predicted molar refractivity (Wildman–Crippen MR) is 123 cm³/mol. The first kappa shape index (κ1) is 24.4. The molecule has 33 heavy (non-hydrogen) atoms. The Bertz CT molecular complexity index is 1300. The molecule has 0 unspecified atom stereocenters. The van der Waals surface area contributed by atoms with Crippen molar-refractivity contribution in [3.63, 3.8) is 0 Å². The minimum Gasteiger partial charge on any atom is -0.494 e. The molecule has 0 atom stereocenters. The molecule has 1 aromatic heterocycles. The quantitative estimate of drug-likeness (QED) is 0.432. The van der Waals surface area contributed by atoms with Crippen LogP contribution < -0.4 is 10.3 Å². The molecular formula is C23H26N2O7S. The maximum atomic E-state index is 13.5. The molecule has 0 saturated heterocycles. The molecule has 3 aromatic rings. The number of benzene rings is 2. The molecule has 0 saturated carbocycles. The van der Waals surface area contributed by atoms with E-state index in [4.69, 9.17) is 9.47 Å². The molecule has 0 bridgehead atoms. The third-order valence-corrected chi connectivity index (χ3v) is 6.93. The third-order valence-electron chi connectivity index (χ3n) is 5.03. The van der Waals surface area contributed by atoms with E-state index in [0.29, 0.717) is 23.3 Å². The topological polar surface area (TPSA) is 126 Å². The summed E-state index contributed by atoms with van der Waals surface area (Å²) in [6.45, 7) is 1.80. The van der Waals surface area contributed by atoms with Crippen LogP contribution in [0.15, 0.2) is 58.2 Å². The first-order valence-electron chi connectivity index (χ1n) is 10.4. The zero-order valence-electron chi connectivity index (χ0n) is 18.4. The molecule has 3 rings (SSSR count). The molecule has 0 aliphatic carbocycles. The number of H-pyrrole nitrogens is 1. The lowest BCUT2D eigenvalue weighted by atomic mass is 10.1. The maximum Gasteiger partial charge on any atom is 0.339 e. The summed E-state index contributed by atoms with van der Waals surface area (Å²) in [7, 11) is -3.03. The molecule has 176 valence electrons. The Morgan fingerprint density at radius 1 is 1.15 bits per heavy atom. The van der Waals surface area contributed by atoms with Crippen molar-refractivity contribution in [1.82, 2.24) is 9.29 Å². The highest BCUT2D eigenvalue weighted by atomic mass is 32.2. The fourth-order valence-electron chi connectivity index (χ4n) is 3.43. The molecule has 2 N–H and O–H groups in total. The van der Waals surface area contributed by atoms with Crippen LogP contribution in [0.3, 0.4) is 0 Å². The van der Waals surface area contributed by atoms with Gasteiger partial charge in [0.25, 0.3) is 5.56 Å². The minimum atomic E-state index is -4.20. The zero-order valence-corrected chi connectivity index (χ0v) is 19.2. The number of aliphatic hydroxyl groups excluding tert-OH is 1. The Kier molecular flexibility index (Phi) is 7.85. The number of hydrogen-bond donors (Lipinski definition) is 2. The summed E-state index contributed by atoms with van der Waals surface area (Å²) in [5, 5.41) is 9.98. The molecule has 0 amide bonds. The molecule has 0 fully saturated rings. The number of fused-ring (bicyclic) bond motifs is 1. The summed E-state index contributed by atoms with van der Waals surface area (Å²) < 4.78 is 38.3. The number of esters is 1. The highest BCUT2D eigenvalue weighted by Crippen LogP contribution is 2.24. The number of carbonyl (C=O) groups is 1. The number of carbonyl (C=O) groups excluding carboxylic acids is 1. The van der Waals surface area contributed by atoms with Gasteiger partial charge >= 0.3 is 5.97 Å². The molecule has 0 aliphatic rings. The number of pyridine rings is 1. The lowest BCUT2D eigenvalue weighted by Gasteiger charge is -2.23. The molecule has 0 aliphatic heterocycles. The first-order valence-corrected chi connectivity index (χ1v) is 11.8. The van der Waals surface area contributed by atoms with Crippen molar-refractivity contribution in [3.8, 4) is 5.75 Å². The number of nitrogens with one attached hydrogen (secondary N) is 1. The van der Waals surface area contributed by atoms with Crippen molar-refractivity contribution in [1.29, 1.82) is 0 Å². The number of nitrogens with zero attached hydrogens (tertiary/aromatic N) is 1. The van der Waals surface area contributed by atoms with Crippen LogP contribution in [0.2, 0.25) is 0 Å². The average Bonchev–Trinajstić information content (AvgIpc) is 2.81. The number of hydrogen-bond acceptors (Lipinski definition) is 7. The number of rotatable bonds is 10. The van der Waals surface area contributed by atoms with Gasteiger partial charge in [0.05, 0.1) is 24.2 Å². The summed E-state index contributed by atoms with van der Waals surface area (Å²) in [5.74, 6) is -0.164. The van der Waals surface area contributed by atoms with Crippen molar-refractivity contribution in [2.24, 2.45) is 0 Å². The lowest BCUT2D eigenvalue weighted by Crippen LogP contribution is -2.35. The average molecular weight is 475 g/mol. The lowest BCUT2D eigenvalue weighted by molar-refractivity contribution is 0.0596. The van der Waals surface area contributed by atoms with E-state index in [1.54, 1.807) is 24.3 Å². The van der Waals surface area contributed by atoms with Crippen molar-refractivity contribution >= 4 is 26.9 Å². The van der Waals surface area contributed by atoms with E-state index in [1.165, 1.54) is 31.4 Å². The van der Waals surface area contributed by atoms with E-state index in [0.717, 1.165) is 4.31 Å². The van der Waals surface area contributed by atoms with Gasteiger partial charge in [-0.3, -0.25) is 4.79 Å². The SMILES string of the molecule is CCOc1ccc2[nH]c(=O)c(CN(CCCO)S(=O)(=O)c3ccccc3C(=O)OC)cc2c1. The molecule has 9 nitrogen and oxygen atoms in total. The summed E-state index contributed by atoms with van der Waals surface area (Å²) >= 11 is 0. The van der Waals surface area contributed by atoms with Gasteiger partial charge in [-0.15, -0.1) is 0 Å². The predicted octanol–water partition coefficient (Wildman–Crippen LogP) is 2.29. The largest absolute Gasteiger partial charge is 0.494 e. The van der Waals surface area contributed by atoms with Gasteiger partial charge in [0.15, 0.2) is 0 Å². The van der Waals surface area contributed by atoms with Gasteiger partial charge in [-0.25, -0.2) is 13.2 Å². The third kappa shape index (κ3) is 5.41. The smallest absolute Gasteiger partial charge is 0.339 e. The molecule has 0 spiro atoms. The van der Waals surface area contributed by atoms with Crippen molar-refractivity contribution < 1.29 is 27.8 Å². The second kappa shape index (κ2) is 10.6. The molecule has 1 heterocycles. The summed E-state index contributed by atoms with van der Waals surface area (Å²) in [5.41, 5.74) is 0.265. The monoisotopic (exact) mass is 474 g/mol. The van der Waals surface area contributed by atoms with Gasteiger partial charge in [-0.2, -0.15) is 4.31 Å². The van der Waals surface area contributed by atoms with Gasteiger partial charge in [-0.05, 0) is 49.7 Å². The van der Waals surface area contributed by atoms with Crippen molar-refractivity contribution in [3.05, 3.63) is 70.0 Å². The zero-order chi connectivity index (χ0) is 24.0. The van der Waals surface area contributed by atoms with Crippen LogP contribution in [0, 0.1) is 0 Å². The number of methoxy groups -OCH3 is 1. The maximum absolute atomic E-state index is 13.5. The highest BCUT2D eigenvalue weighted by Gasteiger charge is 2.29. The van der Waals surface area contributed by atoms with Crippen LogP contribution in [0.1, 0.15) is 29.3 Å². The number of sulfonamides is 1. The Morgan fingerprint density at radius 2 is 1.91 bits per heavy atom. The summed E-state index contributed by atoms with van der Waals surface area (Å²) in [6.07, 6.45) is 0.152.